The highest BCUT2D eigenvalue weighted by Crippen LogP contribution is 2.48. The van der Waals surface area contributed by atoms with Gasteiger partial charge in [-0.05, 0) is 49.6 Å². The molecule has 0 atom stereocenters. The number of hydrogen-bond acceptors (Lipinski definition) is 5. The fourth-order valence-electron chi connectivity index (χ4n) is 3.27. The van der Waals surface area contributed by atoms with Crippen LogP contribution in [0.5, 0.6) is 0 Å². The summed E-state index contributed by atoms with van der Waals surface area (Å²) in [4.78, 5) is 7.66. The number of halogens is 1. The zero-order valence-corrected chi connectivity index (χ0v) is 17.2. The molecule has 0 spiro atoms. The molecule has 0 unspecified atom stereocenters. The Morgan fingerprint density at radius 3 is 1.85 bits per heavy atom. The Morgan fingerprint density at radius 2 is 1.26 bits per heavy atom. The van der Waals surface area contributed by atoms with E-state index in [1.54, 1.807) is 4.91 Å². The molecule has 27 heavy (non-hydrogen) atoms. The monoisotopic (exact) mass is 424 g/mol. The Balaban J connectivity index is 0.000000376. The second-order valence-electron chi connectivity index (χ2n) is 6.30. The Hall–Kier alpha value is -0.990. The summed E-state index contributed by atoms with van der Waals surface area (Å²) in [7, 11) is -4.80. The highest BCUT2D eigenvalue weighted by Gasteiger charge is 2.38. The van der Waals surface area contributed by atoms with E-state index >= 15 is 0 Å². The fraction of sp³-hybridized carbons (Fsp3) is 0.300. The Morgan fingerprint density at radius 1 is 0.741 bits per heavy atom. The third-order valence-electron chi connectivity index (χ3n) is 4.37. The molecule has 1 heterocycles. The predicted molar refractivity (Wildman–Crippen MR) is 96.7 cm³/mol. The van der Waals surface area contributed by atoms with Crippen LogP contribution >= 0.6 is 11.8 Å². The van der Waals surface area contributed by atoms with E-state index in [9.17, 15) is 0 Å². The molecule has 7 heteroatoms. The van der Waals surface area contributed by atoms with Gasteiger partial charge in [0.2, 0.25) is 0 Å². The van der Waals surface area contributed by atoms with E-state index in [0.717, 1.165) is 0 Å². The number of hydrogen-bond donors (Lipinski definition) is 0. The lowest BCUT2D eigenvalue weighted by atomic mass is 10.1. The molecule has 0 bridgehead atoms. The summed E-state index contributed by atoms with van der Waals surface area (Å²) >= 11 is 1.94. The highest BCUT2D eigenvalue weighted by molar-refractivity contribution is 8.05. The first-order valence-corrected chi connectivity index (χ1v) is 12.1. The molecule has 144 valence electrons. The van der Waals surface area contributed by atoms with E-state index in [-0.39, 0.29) is 10.9 Å². The van der Waals surface area contributed by atoms with Crippen LogP contribution in [-0.2, 0) is 10.9 Å². The van der Waals surface area contributed by atoms with Crippen LogP contribution in [0.4, 0.5) is 0 Å². The van der Waals surface area contributed by atoms with Gasteiger partial charge in [-0.3, -0.25) is 0 Å². The summed E-state index contributed by atoms with van der Waals surface area (Å²) in [6.07, 6.45) is 10.6. The Kier molecular flexibility index (Phi) is 7.28. The molecule has 1 aliphatic heterocycles. The minimum Gasteiger partial charge on any atom is -0.222 e. The van der Waals surface area contributed by atoms with Crippen LogP contribution in [0.3, 0.4) is 0 Å². The standard InChI is InChI=1S/C20H21S2.ClHO4/c1-2-4-10-16(11-5-3-1)22-19-14-8-6-12-17(19)21-18-13-7-9-15-20(18)22;2-1(3,4)5/h6-10,12-15H,1-5,11H2;(H,2,3,4,5)/q+1;/p-1/b16-10+;. The molecule has 1 aliphatic carbocycles. The lowest BCUT2D eigenvalue weighted by Crippen LogP contribution is -2.68. The van der Waals surface area contributed by atoms with E-state index in [0.29, 0.717) is 0 Å². The molecule has 2 aromatic rings. The maximum atomic E-state index is 8.49. The molecule has 2 aromatic carbocycles. The topological polar surface area (TPSA) is 92.2 Å². The molecular formula is C20H21ClO4S2. The van der Waals surface area contributed by atoms with E-state index in [4.69, 9.17) is 18.6 Å². The lowest BCUT2D eigenvalue weighted by molar-refractivity contribution is -2.00. The van der Waals surface area contributed by atoms with Crippen molar-refractivity contribution in [2.45, 2.75) is 58.1 Å². The van der Waals surface area contributed by atoms with E-state index in [2.05, 4.69) is 54.6 Å². The first kappa shape index (κ1) is 20.7. The van der Waals surface area contributed by atoms with Crippen molar-refractivity contribution < 1.29 is 28.9 Å². The maximum absolute atomic E-state index is 8.49. The van der Waals surface area contributed by atoms with Crippen molar-refractivity contribution in [3.63, 3.8) is 0 Å². The van der Waals surface area contributed by atoms with Crippen LogP contribution in [0, 0.1) is 10.2 Å². The van der Waals surface area contributed by atoms with Gasteiger partial charge in [-0.1, -0.05) is 48.9 Å². The first-order valence-electron chi connectivity index (χ1n) is 8.84. The highest BCUT2D eigenvalue weighted by atomic mass is 35.7. The van der Waals surface area contributed by atoms with E-state index in [1.165, 1.54) is 58.1 Å². The second-order valence-corrected chi connectivity index (χ2v) is 10.2. The van der Waals surface area contributed by atoms with Crippen molar-refractivity contribution in [3.8, 4) is 0 Å². The van der Waals surface area contributed by atoms with Gasteiger partial charge in [0.05, 0.1) is 20.7 Å². The smallest absolute Gasteiger partial charge is 0.180 e. The first-order chi connectivity index (χ1) is 12.9. The summed E-state index contributed by atoms with van der Waals surface area (Å²) in [5.41, 5.74) is 0. The molecule has 0 saturated heterocycles. The molecular weight excluding hydrogens is 404 g/mol. The SMILES string of the molecule is C1=C(/[S+]2c3ccccc3Sc3ccccc32)CCCCCC/1.[O-][Cl+3]([O-])([O-])[O-]. The van der Waals surface area contributed by atoms with Crippen LogP contribution in [0.15, 0.2) is 79.1 Å². The molecule has 0 amide bonds. The van der Waals surface area contributed by atoms with Crippen LogP contribution in [0.2, 0.25) is 0 Å². The second kappa shape index (κ2) is 9.47. The van der Waals surface area contributed by atoms with Gasteiger partial charge in [-0.25, -0.2) is 18.6 Å². The number of allylic oxidation sites excluding steroid dienone is 2. The van der Waals surface area contributed by atoms with Crippen LogP contribution in [0.1, 0.15) is 38.5 Å². The van der Waals surface area contributed by atoms with Gasteiger partial charge in [0.15, 0.2) is 9.79 Å². The van der Waals surface area contributed by atoms with E-state index < -0.39 is 10.2 Å². The lowest BCUT2D eigenvalue weighted by Gasteiger charge is -2.21. The van der Waals surface area contributed by atoms with Crippen molar-refractivity contribution in [2.75, 3.05) is 0 Å². The van der Waals surface area contributed by atoms with Crippen molar-refractivity contribution in [2.24, 2.45) is 0 Å². The van der Waals surface area contributed by atoms with Gasteiger partial charge in [-0.2, -0.15) is 0 Å². The molecule has 0 N–H and O–H groups in total. The molecule has 0 aromatic heterocycles. The number of benzene rings is 2. The molecule has 0 fully saturated rings. The van der Waals surface area contributed by atoms with Gasteiger partial charge in [0.25, 0.3) is 0 Å². The number of rotatable bonds is 1. The predicted octanol–water partition coefficient (Wildman–Crippen LogP) is 1.67. The minimum absolute atomic E-state index is 0.140. The third kappa shape index (κ3) is 5.99. The average Bonchev–Trinajstić information content (AvgIpc) is 2.59. The summed E-state index contributed by atoms with van der Waals surface area (Å²) in [5, 5.41) is 0. The van der Waals surface area contributed by atoms with Gasteiger partial charge in [-0.15, -0.1) is 10.2 Å². The quantitative estimate of drug-likeness (QED) is 0.649. The zero-order valence-electron chi connectivity index (χ0n) is 14.8. The van der Waals surface area contributed by atoms with Crippen molar-refractivity contribution in [1.29, 1.82) is 0 Å². The van der Waals surface area contributed by atoms with Gasteiger partial charge >= 0.3 is 0 Å². The fourth-order valence-corrected chi connectivity index (χ4v) is 7.29. The summed E-state index contributed by atoms with van der Waals surface area (Å²) in [6, 6.07) is 18.0. The van der Waals surface area contributed by atoms with Crippen molar-refractivity contribution in [3.05, 3.63) is 59.5 Å². The van der Waals surface area contributed by atoms with Crippen LogP contribution in [-0.4, -0.2) is 0 Å². The molecule has 4 rings (SSSR count). The van der Waals surface area contributed by atoms with Crippen molar-refractivity contribution in [1.82, 2.24) is 0 Å². The van der Waals surface area contributed by atoms with E-state index in [1.807, 2.05) is 11.8 Å². The zero-order chi connectivity index (χ0) is 19.3. The summed E-state index contributed by atoms with van der Waals surface area (Å²) in [6.45, 7) is 0. The minimum atomic E-state index is -4.94. The average molecular weight is 425 g/mol. The maximum Gasteiger partial charge on any atom is 0.180 e. The largest absolute Gasteiger partial charge is 0.222 e. The van der Waals surface area contributed by atoms with Gasteiger partial charge < -0.3 is 0 Å². The summed E-state index contributed by atoms with van der Waals surface area (Å²) < 4.78 is 34.0. The molecule has 4 nitrogen and oxygen atoms in total. The van der Waals surface area contributed by atoms with Crippen LogP contribution < -0.4 is 18.6 Å². The Labute approximate surface area is 169 Å². The molecule has 2 aliphatic rings. The Bertz CT molecular complexity index is 753. The third-order valence-corrected chi connectivity index (χ3v) is 8.27. The number of fused-ring (bicyclic) bond motifs is 2. The molecule has 0 saturated carbocycles. The normalized spacial score (nSPS) is 19.3. The summed E-state index contributed by atoms with van der Waals surface area (Å²) in [5.74, 6) is 0. The van der Waals surface area contributed by atoms with Crippen molar-refractivity contribution >= 4 is 22.7 Å². The van der Waals surface area contributed by atoms with Crippen LogP contribution in [0.25, 0.3) is 0 Å². The van der Waals surface area contributed by atoms with Gasteiger partial charge in [0, 0.05) is 6.42 Å². The molecule has 0 radical (unpaired) electrons. The van der Waals surface area contributed by atoms with Gasteiger partial charge in [0.1, 0.15) is 4.91 Å².